The molecule has 15 heavy (non-hydrogen) atoms. The average Bonchev–Trinajstić information content (AvgIpc) is 2.30. The van der Waals surface area contributed by atoms with E-state index >= 15 is 0 Å². The van der Waals surface area contributed by atoms with E-state index in [2.05, 4.69) is 34.1 Å². The third-order valence-corrected chi connectivity index (χ3v) is 3.51. The Hall–Kier alpha value is -0.160. The molecular formula is C11H24N4. The van der Waals surface area contributed by atoms with E-state index in [-0.39, 0.29) is 0 Å². The van der Waals surface area contributed by atoms with Crippen LogP contribution in [0.25, 0.3) is 0 Å². The van der Waals surface area contributed by atoms with Gasteiger partial charge >= 0.3 is 0 Å². The molecule has 0 atom stereocenters. The summed E-state index contributed by atoms with van der Waals surface area (Å²) in [4.78, 5) is 2.57. The molecule has 0 aromatic rings. The zero-order valence-corrected chi connectivity index (χ0v) is 10.1. The predicted octanol–water partition coefficient (Wildman–Crippen LogP) is -0.167. The molecule has 2 rings (SSSR count). The Morgan fingerprint density at radius 1 is 0.800 bits per heavy atom. The van der Waals surface area contributed by atoms with Crippen LogP contribution in [-0.2, 0) is 0 Å². The number of hydrazine groups is 1. The second kappa shape index (κ2) is 5.25. The van der Waals surface area contributed by atoms with Crippen molar-refractivity contribution in [3.8, 4) is 0 Å². The topological polar surface area (TPSA) is 21.8 Å². The molecular weight excluding hydrogens is 188 g/mol. The van der Waals surface area contributed by atoms with E-state index in [0.29, 0.717) is 6.04 Å². The molecule has 4 heteroatoms. The van der Waals surface area contributed by atoms with Crippen LogP contribution in [0.15, 0.2) is 0 Å². The summed E-state index contributed by atoms with van der Waals surface area (Å²) in [5.41, 5.74) is 0. The summed E-state index contributed by atoms with van der Waals surface area (Å²) in [5.74, 6) is 0. The Balaban J connectivity index is 1.77. The van der Waals surface area contributed by atoms with Crippen LogP contribution in [0.5, 0.6) is 0 Å². The summed E-state index contributed by atoms with van der Waals surface area (Å²) < 4.78 is 0. The number of hydrogen-bond donors (Lipinski definition) is 1. The molecule has 0 spiro atoms. The molecule has 0 radical (unpaired) electrons. The number of nitrogens with one attached hydrogen (secondary N) is 1. The molecule has 2 fully saturated rings. The van der Waals surface area contributed by atoms with Gasteiger partial charge in [0.15, 0.2) is 0 Å². The average molecular weight is 212 g/mol. The lowest BCUT2D eigenvalue weighted by molar-refractivity contribution is -0.0680. The molecule has 0 aromatic heterocycles. The molecule has 1 N–H and O–H groups in total. The van der Waals surface area contributed by atoms with Gasteiger partial charge in [-0.2, -0.15) is 0 Å². The summed E-state index contributed by atoms with van der Waals surface area (Å²) in [6.07, 6.45) is 0. The predicted molar refractivity (Wildman–Crippen MR) is 62.7 cm³/mol. The van der Waals surface area contributed by atoms with Gasteiger partial charge in [-0.05, 0) is 13.8 Å². The third kappa shape index (κ3) is 2.91. The zero-order chi connectivity index (χ0) is 10.7. The number of rotatable bonds is 2. The van der Waals surface area contributed by atoms with E-state index in [1.807, 2.05) is 0 Å². The van der Waals surface area contributed by atoms with E-state index in [1.54, 1.807) is 0 Å². The van der Waals surface area contributed by atoms with Crippen LogP contribution in [0, 0.1) is 0 Å². The molecule has 2 aliphatic rings. The third-order valence-electron chi connectivity index (χ3n) is 3.51. The molecule has 88 valence electrons. The quantitative estimate of drug-likeness (QED) is 0.686. The van der Waals surface area contributed by atoms with Crippen molar-refractivity contribution < 1.29 is 0 Å². The van der Waals surface area contributed by atoms with Crippen LogP contribution in [-0.4, -0.2) is 73.3 Å². The fourth-order valence-corrected chi connectivity index (χ4v) is 2.45. The monoisotopic (exact) mass is 212 g/mol. The molecule has 0 saturated carbocycles. The van der Waals surface area contributed by atoms with Crippen molar-refractivity contribution in [3.05, 3.63) is 0 Å². The van der Waals surface area contributed by atoms with Gasteiger partial charge in [0.05, 0.1) is 0 Å². The van der Waals surface area contributed by atoms with Gasteiger partial charge in [0.2, 0.25) is 0 Å². The Labute approximate surface area is 93.2 Å². The highest BCUT2D eigenvalue weighted by Gasteiger charge is 2.23. The highest BCUT2D eigenvalue weighted by molar-refractivity contribution is 4.75. The Morgan fingerprint density at radius 2 is 1.33 bits per heavy atom. The first-order chi connectivity index (χ1) is 7.27. The van der Waals surface area contributed by atoms with Crippen LogP contribution in [0.2, 0.25) is 0 Å². The molecule has 2 heterocycles. The largest absolute Gasteiger partial charge is 0.314 e. The van der Waals surface area contributed by atoms with Gasteiger partial charge in [-0.3, -0.25) is 4.90 Å². The molecule has 4 nitrogen and oxygen atoms in total. The molecule has 0 bridgehead atoms. The summed E-state index contributed by atoms with van der Waals surface area (Å²) in [5, 5.41) is 8.47. The molecule has 0 aromatic carbocycles. The fourth-order valence-electron chi connectivity index (χ4n) is 2.45. The Morgan fingerprint density at radius 3 is 1.87 bits per heavy atom. The van der Waals surface area contributed by atoms with Crippen molar-refractivity contribution in [1.82, 2.24) is 20.2 Å². The second-order valence-electron chi connectivity index (χ2n) is 4.79. The molecule has 0 amide bonds. The van der Waals surface area contributed by atoms with Gasteiger partial charge in [-0.15, -0.1) is 0 Å². The van der Waals surface area contributed by atoms with Crippen molar-refractivity contribution in [3.63, 3.8) is 0 Å². The minimum absolute atomic E-state index is 0.704. The lowest BCUT2D eigenvalue weighted by atomic mass is 10.2. The first kappa shape index (κ1) is 11.3. The highest BCUT2D eigenvalue weighted by atomic mass is 15.6. The van der Waals surface area contributed by atoms with Crippen LogP contribution in [0.3, 0.4) is 0 Å². The normalized spacial score (nSPS) is 27.4. The first-order valence-electron chi connectivity index (χ1n) is 6.22. The molecule has 0 aliphatic carbocycles. The Kier molecular flexibility index (Phi) is 3.97. The maximum atomic E-state index is 3.40. The van der Waals surface area contributed by atoms with Crippen molar-refractivity contribution in [2.75, 3.05) is 52.4 Å². The second-order valence-corrected chi connectivity index (χ2v) is 4.79. The summed E-state index contributed by atoms with van der Waals surface area (Å²) >= 11 is 0. The standard InChI is InChI=1S/C11H24N4/c1-11(2)13-7-9-15(10-8-13)14-5-3-12-4-6-14/h11-12H,3-10H2,1-2H3. The summed E-state index contributed by atoms with van der Waals surface area (Å²) in [7, 11) is 0. The van der Waals surface area contributed by atoms with Crippen molar-refractivity contribution in [2.24, 2.45) is 0 Å². The lowest BCUT2D eigenvalue weighted by Crippen LogP contribution is -2.59. The van der Waals surface area contributed by atoms with Gasteiger partial charge in [-0.25, -0.2) is 10.0 Å². The minimum atomic E-state index is 0.704. The van der Waals surface area contributed by atoms with E-state index in [4.69, 9.17) is 0 Å². The molecule has 0 unspecified atom stereocenters. The van der Waals surface area contributed by atoms with Gasteiger partial charge in [0.25, 0.3) is 0 Å². The van der Waals surface area contributed by atoms with Gasteiger partial charge in [0, 0.05) is 58.4 Å². The maximum Gasteiger partial charge on any atom is 0.0261 e. The zero-order valence-electron chi connectivity index (χ0n) is 10.1. The minimum Gasteiger partial charge on any atom is -0.314 e. The van der Waals surface area contributed by atoms with Gasteiger partial charge in [0.1, 0.15) is 0 Å². The summed E-state index contributed by atoms with van der Waals surface area (Å²) in [6.45, 7) is 14.1. The van der Waals surface area contributed by atoms with Crippen LogP contribution in [0.4, 0.5) is 0 Å². The van der Waals surface area contributed by atoms with Gasteiger partial charge in [-0.1, -0.05) is 0 Å². The van der Waals surface area contributed by atoms with E-state index in [9.17, 15) is 0 Å². The van der Waals surface area contributed by atoms with Crippen molar-refractivity contribution in [2.45, 2.75) is 19.9 Å². The van der Waals surface area contributed by atoms with Crippen molar-refractivity contribution >= 4 is 0 Å². The van der Waals surface area contributed by atoms with E-state index in [1.165, 1.54) is 39.3 Å². The lowest BCUT2D eigenvalue weighted by Gasteiger charge is -2.43. The maximum absolute atomic E-state index is 3.40. The SMILES string of the molecule is CC(C)N1CCN(N2CCNCC2)CC1. The fraction of sp³-hybridized carbons (Fsp3) is 1.00. The van der Waals surface area contributed by atoms with Crippen LogP contribution < -0.4 is 5.32 Å². The first-order valence-corrected chi connectivity index (χ1v) is 6.22. The number of piperazine rings is 2. The van der Waals surface area contributed by atoms with Crippen LogP contribution >= 0.6 is 0 Å². The van der Waals surface area contributed by atoms with Crippen LogP contribution in [0.1, 0.15) is 13.8 Å². The smallest absolute Gasteiger partial charge is 0.0261 e. The summed E-state index contributed by atoms with van der Waals surface area (Å²) in [6, 6.07) is 0.704. The number of hydrogen-bond acceptors (Lipinski definition) is 4. The Bertz CT molecular complexity index is 181. The van der Waals surface area contributed by atoms with Crippen molar-refractivity contribution in [1.29, 1.82) is 0 Å². The van der Waals surface area contributed by atoms with E-state index < -0.39 is 0 Å². The molecule has 2 saturated heterocycles. The highest BCUT2D eigenvalue weighted by Crippen LogP contribution is 2.08. The van der Waals surface area contributed by atoms with E-state index in [0.717, 1.165) is 13.1 Å². The molecule has 2 aliphatic heterocycles. The van der Waals surface area contributed by atoms with Gasteiger partial charge < -0.3 is 5.32 Å². The number of nitrogens with zero attached hydrogens (tertiary/aromatic N) is 3.